The number of benzene rings is 1. The van der Waals surface area contributed by atoms with Gasteiger partial charge in [-0.1, -0.05) is 6.08 Å². The van der Waals surface area contributed by atoms with Crippen LogP contribution in [0.15, 0.2) is 77.7 Å². The topological polar surface area (TPSA) is 78.0 Å². The Morgan fingerprint density at radius 3 is 2.85 bits per heavy atom. The monoisotopic (exact) mass is 365 g/mol. The Bertz CT molecular complexity index is 954. The number of fused-ring (bicyclic) bond motifs is 1. The van der Waals surface area contributed by atoms with E-state index in [9.17, 15) is 4.39 Å². The molecule has 7 heteroatoms. The highest BCUT2D eigenvalue weighted by Crippen LogP contribution is 2.32. The van der Waals surface area contributed by atoms with Crippen LogP contribution in [-0.2, 0) is 0 Å². The molecule has 2 aliphatic heterocycles. The number of nitrogens with zero attached hydrogens (tertiary/aromatic N) is 2. The summed E-state index contributed by atoms with van der Waals surface area (Å²) >= 11 is 1.56. The number of allylic oxidation sites excluding steroid dienone is 3. The first-order chi connectivity index (χ1) is 12.7. The second-order valence-corrected chi connectivity index (χ2v) is 6.69. The van der Waals surface area contributed by atoms with E-state index < -0.39 is 0 Å². The third-order valence-corrected chi connectivity index (χ3v) is 5.03. The molecule has 2 aliphatic rings. The van der Waals surface area contributed by atoms with E-state index in [-0.39, 0.29) is 17.7 Å². The van der Waals surface area contributed by atoms with Crippen LogP contribution in [0.3, 0.4) is 0 Å². The van der Waals surface area contributed by atoms with Gasteiger partial charge in [0.25, 0.3) is 0 Å². The first-order valence-electron chi connectivity index (χ1n) is 7.99. The van der Waals surface area contributed by atoms with Gasteiger partial charge in [0.1, 0.15) is 17.0 Å². The van der Waals surface area contributed by atoms with Crippen molar-refractivity contribution in [3.63, 3.8) is 0 Å². The quantitative estimate of drug-likeness (QED) is 0.727. The minimum Gasteiger partial charge on any atom is -0.404 e. The van der Waals surface area contributed by atoms with Gasteiger partial charge in [-0.2, -0.15) is 0 Å². The van der Waals surface area contributed by atoms with E-state index >= 15 is 0 Å². The van der Waals surface area contributed by atoms with Crippen LogP contribution in [0.5, 0.6) is 0 Å². The lowest BCUT2D eigenvalue weighted by atomic mass is 9.95. The summed E-state index contributed by atoms with van der Waals surface area (Å²) in [6.07, 6.45) is 11.0. The molecule has 1 aromatic heterocycles. The van der Waals surface area contributed by atoms with Gasteiger partial charge in [-0.15, -0.1) is 11.3 Å². The molecule has 0 aliphatic carbocycles. The smallest absolute Gasteiger partial charge is 0.141 e. The number of nitrogens with two attached hydrogens (primary N) is 1. The van der Waals surface area contributed by atoms with Crippen LogP contribution >= 0.6 is 11.3 Å². The van der Waals surface area contributed by atoms with E-state index in [0.29, 0.717) is 11.1 Å². The van der Waals surface area contributed by atoms with E-state index in [2.05, 4.69) is 15.2 Å². The molecule has 0 saturated heterocycles. The molecule has 0 amide bonds. The summed E-state index contributed by atoms with van der Waals surface area (Å²) in [5, 5.41) is 14.6. The molecule has 0 spiro atoms. The SMILES string of the molecule is N=C(/C(=C\N)C1=CN2C(c3nccs3)=CNC2C=C1)c1ccc(F)cc1. The lowest BCUT2D eigenvalue weighted by Gasteiger charge is -2.27. The van der Waals surface area contributed by atoms with Crippen molar-refractivity contribution in [2.45, 2.75) is 6.17 Å². The van der Waals surface area contributed by atoms with Crippen LogP contribution in [0, 0.1) is 11.2 Å². The van der Waals surface area contributed by atoms with Crippen LogP contribution in [0.4, 0.5) is 4.39 Å². The molecule has 0 bridgehead atoms. The third-order valence-electron chi connectivity index (χ3n) is 4.24. The summed E-state index contributed by atoms with van der Waals surface area (Å²) in [4.78, 5) is 6.43. The summed E-state index contributed by atoms with van der Waals surface area (Å²) in [6.45, 7) is 0. The maximum absolute atomic E-state index is 13.2. The fourth-order valence-electron chi connectivity index (χ4n) is 2.93. The predicted octanol–water partition coefficient (Wildman–Crippen LogP) is 3.18. The Morgan fingerprint density at radius 1 is 1.35 bits per heavy atom. The van der Waals surface area contributed by atoms with Crippen molar-refractivity contribution >= 4 is 22.7 Å². The molecule has 0 fully saturated rings. The summed E-state index contributed by atoms with van der Waals surface area (Å²) in [7, 11) is 0. The number of aromatic nitrogens is 1. The van der Waals surface area contributed by atoms with Gasteiger partial charge in [-0.25, -0.2) is 9.37 Å². The van der Waals surface area contributed by atoms with Crippen LogP contribution < -0.4 is 11.1 Å². The average molecular weight is 365 g/mol. The summed E-state index contributed by atoms with van der Waals surface area (Å²) < 4.78 is 13.2. The highest BCUT2D eigenvalue weighted by atomic mass is 32.1. The fraction of sp³-hybridized carbons (Fsp3) is 0.0526. The van der Waals surface area contributed by atoms with E-state index in [1.807, 2.05) is 29.9 Å². The summed E-state index contributed by atoms with van der Waals surface area (Å²) in [5.74, 6) is -0.333. The first kappa shape index (κ1) is 16.3. The number of hydrogen-bond donors (Lipinski definition) is 3. The number of thiazole rings is 1. The maximum Gasteiger partial charge on any atom is 0.141 e. The molecule has 5 nitrogen and oxygen atoms in total. The van der Waals surface area contributed by atoms with Crippen molar-refractivity contribution in [3.8, 4) is 0 Å². The van der Waals surface area contributed by atoms with Gasteiger partial charge in [-0.3, -0.25) is 5.41 Å². The van der Waals surface area contributed by atoms with Crippen molar-refractivity contribution in [2.24, 2.45) is 5.73 Å². The van der Waals surface area contributed by atoms with Gasteiger partial charge in [0.2, 0.25) is 0 Å². The molecule has 26 heavy (non-hydrogen) atoms. The Kier molecular flexibility index (Phi) is 4.14. The van der Waals surface area contributed by atoms with Crippen molar-refractivity contribution in [2.75, 3.05) is 0 Å². The largest absolute Gasteiger partial charge is 0.404 e. The van der Waals surface area contributed by atoms with Crippen molar-refractivity contribution < 1.29 is 4.39 Å². The normalized spacial score (nSPS) is 18.9. The van der Waals surface area contributed by atoms with Gasteiger partial charge < -0.3 is 16.0 Å². The van der Waals surface area contributed by atoms with Crippen molar-refractivity contribution in [3.05, 3.63) is 94.1 Å². The van der Waals surface area contributed by atoms with Gasteiger partial charge in [0.15, 0.2) is 0 Å². The zero-order valence-electron chi connectivity index (χ0n) is 13.7. The number of halogens is 1. The second kappa shape index (κ2) is 6.61. The summed E-state index contributed by atoms with van der Waals surface area (Å²) in [6, 6.07) is 5.84. The van der Waals surface area contributed by atoms with E-state index in [4.69, 9.17) is 11.1 Å². The average Bonchev–Trinajstić information content (AvgIpc) is 3.32. The Balaban J connectivity index is 1.65. The van der Waals surface area contributed by atoms with Crippen LogP contribution in [-0.4, -0.2) is 21.8 Å². The van der Waals surface area contributed by atoms with Crippen molar-refractivity contribution in [1.82, 2.24) is 15.2 Å². The molecule has 1 atom stereocenters. The molecule has 2 aromatic rings. The molecular weight excluding hydrogens is 349 g/mol. The molecule has 0 saturated carbocycles. The molecule has 1 unspecified atom stereocenters. The lowest BCUT2D eigenvalue weighted by Crippen LogP contribution is -2.33. The summed E-state index contributed by atoms with van der Waals surface area (Å²) in [5.41, 5.74) is 9.04. The Morgan fingerprint density at radius 2 is 2.15 bits per heavy atom. The van der Waals surface area contributed by atoms with Gasteiger partial charge in [0.05, 0.1) is 11.4 Å². The molecule has 4 N–H and O–H groups in total. The predicted molar refractivity (Wildman–Crippen MR) is 102 cm³/mol. The molecule has 4 rings (SSSR count). The maximum atomic E-state index is 13.2. The highest BCUT2D eigenvalue weighted by molar-refractivity contribution is 7.10. The van der Waals surface area contributed by atoms with Crippen LogP contribution in [0.25, 0.3) is 5.70 Å². The van der Waals surface area contributed by atoms with E-state index in [1.165, 1.54) is 18.3 Å². The third kappa shape index (κ3) is 2.82. The zero-order chi connectivity index (χ0) is 18.1. The number of hydrogen-bond acceptors (Lipinski definition) is 6. The zero-order valence-corrected chi connectivity index (χ0v) is 14.5. The Labute approximate surface area is 154 Å². The number of rotatable bonds is 4. The minimum absolute atomic E-state index is 0.0108. The number of nitrogens with one attached hydrogen (secondary N) is 2. The standard InChI is InChI=1S/C19H16FN5S/c20-14-4-1-12(2-5-14)18(22)15(9-21)13-3-6-17-24-10-16(25(17)11-13)19-23-7-8-26-19/h1-11,17,22,24H,21H2/b15-9-,22-18?. The van der Waals surface area contributed by atoms with E-state index in [1.54, 1.807) is 29.7 Å². The van der Waals surface area contributed by atoms with Gasteiger partial charge in [-0.05, 0) is 30.3 Å². The molecule has 0 radical (unpaired) electrons. The van der Waals surface area contributed by atoms with Gasteiger partial charge in [0, 0.05) is 46.9 Å². The minimum atomic E-state index is -0.333. The highest BCUT2D eigenvalue weighted by Gasteiger charge is 2.28. The molecule has 3 heterocycles. The molecule has 1 aromatic carbocycles. The first-order valence-corrected chi connectivity index (χ1v) is 8.87. The molecular formula is C19H16FN5S. The van der Waals surface area contributed by atoms with Crippen molar-refractivity contribution in [1.29, 1.82) is 5.41 Å². The van der Waals surface area contributed by atoms with Crippen LogP contribution in [0.1, 0.15) is 10.6 Å². The lowest BCUT2D eigenvalue weighted by molar-refractivity contribution is 0.438. The van der Waals surface area contributed by atoms with Gasteiger partial charge >= 0.3 is 0 Å². The second-order valence-electron chi connectivity index (χ2n) is 5.79. The fourth-order valence-corrected chi connectivity index (χ4v) is 3.59. The Hall–Kier alpha value is -3.19. The van der Waals surface area contributed by atoms with E-state index in [0.717, 1.165) is 16.3 Å². The van der Waals surface area contributed by atoms with Crippen LogP contribution in [0.2, 0.25) is 0 Å². The molecule has 130 valence electrons.